The van der Waals surface area contributed by atoms with Gasteiger partial charge in [-0.05, 0) is 31.5 Å². The number of furan rings is 1. The van der Waals surface area contributed by atoms with Crippen molar-refractivity contribution in [3.63, 3.8) is 0 Å². The van der Waals surface area contributed by atoms with E-state index in [-0.39, 0.29) is 12.4 Å². The predicted molar refractivity (Wildman–Crippen MR) is 72.5 cm³/mol. The Morgan fingerprint density at radius 2 is 2.15 bits per heavy atom. The van der Waals surface area contributed by atoms with Crippen molar-refractivity contribution >= 4 is 11.6 Å². The maximum Gasteiger partial charge on any atom is 0.374 e. The third kappa shape index (κ3) is 2.30. The Balaban J connectivity index is 1.74. The van der Waals surface area contributed by atoms with Gasteiger partial charge in [-0.1, -0.05) is 6.07 Å². The number of rotatable bonds is 3. The highest BCUT2D eigenvalue weighted by Crippen LogP contribution is 2.12. The van der Waals surface area contributed by atoms with Gasteiger partial charge >= 0.3 is 5.97 Å². The number of aromatic nitrogens is 2. The Morgan fingerprint density at radius 1 is 1.30 bits per heavy atom. The van der Waals surface area contributed by atoms with Crippen molar-refractivity contribution in [2.75, 3.05) is 0 Å². The fourth-order valence-electron chi connectivity index (χ4n) is 2.01. The molecule has 0 saturated heterocycles. The van der Waals surface area contributed by atoms with Crippen molar-refractivity contribution in [1.82, 2.24) is 9.38 Å². The zero-order valence-electron chi connectivity index (χ0n) is 11.3. The Kier molecular flexibility index (Phi) is 3.02. The van der Waals surface area contributed by atoms with E-state index in [2.05, 4.69) is 4.98 Å². The molecular weight excluding hydrogens is 256 g/mol. The van der Waals surface area contributed by atoms with E-state index in [1.54, 1.807) is 13.0 Å². The number of pyridine rings is 1. The van der Waals surface area contributed by atoms with Gasteiger partial charge in [0, 0.05) is 18.0 Å². The molecule has 5 heteroatoms. The molecular formula is C15H14N2O3. The first-order valence-electron chi connectivity index (χ1n) is 6.29. The molecule has 0 aromatic carbocycles. The van der Waals surface area contributed by atoms with Gasteiger partial charge in [-0.3, -0.25) is 0 Å². The van der Waals surface area contributed by atoms with Crippen molar-refractivity contribution in [1.29, 1.82) is 0 Å². The van der Waals surface area contributed by atoms with E-state index in [1.807, 2.05) is 35.9 Å². The van der Waals surface area contributed by atoms with Gasteiger partial charge in [-0.15, -0.1) is 0 Å². The minimum Gasteiger partial charge on any atom is -0.457 e. The summed E-state index contributed by atoms with van der Waals surface area (Å²) in [5, 5.41) is 0. The Hall–Kier alpha value is -2.56. The summed E-state index contributed by atoms with van der Waals surface area (Å²) in [7, 11) is 0. The molecule has 5 nitrogen and oxygen atoms in total. The maximum atomic E-state index is 11.8. The van der Waals surface area contributed by atoms with Gasteiger partial charge in [0.05, 0.1) is 12.0 Å². The fraction of sp³-hybridized carbons (Fsp3) is 0.200. The zero-order valence-corrected chi connectivity index (χ0v) is 11.3. The number of hydrogen-bond donors (Lipinski definition) is 0. The molecule has 20 heavy (non-hydrogen) atoms. The van der Waals surface area contributed by atoms with Crippen LogP contribution in [0.5, 0.6) is 0 Å². The third-order valence-electron chi connectivity index (χ3n) is 3.05. The van der Waals surface area contributed by atoms with Gasteiger partial charge in [0.15, 0.2) is 0 Å². The molecule has 0 aliphatic heterocycles. The first-order chi connectivity index (χ1) is 9.63. The highest BCUT2D eigenvalue weighted by Gasteiger charge is 2.14. The van der Waals surface area contributed by atoms with E-state index >= 15 is 0 Å². The first kappa shape index (κ1) is 12.5. The Labute approximate surface area is 115 Å². The lowest BCUT2D eigenvalue weighted by atomic mass is 10.3. The zero-order chi connectivity index (χ0) is 14.1. The van der Waals surface area contributed by atoms with Crippen LogP contribution < -0.4 is 0 Å². The lowest BCUT2D eigenvalue weighted by molar-refractivity contribution is 0.0430. The maximum absolute atomic E-state index is 11.8. The average molecular weight is 270 g/mol. The molecule has 3 heterocycles. The van der Waals surface area contributed by atoms with Gasteiger partial charge in [0.1, 0.15) is 12.3 Å². The Morgan fingerprint density at radius 3 is 2.90 bits per heavy atom. The number of imidazole rings is 1. The van der Waals surface area contributed by atoms with Crippen molar-refractivity contribution in [2.24, 2.45) is 0 Å². The van der Waals surface area contributed by atoms with Gasteiger partial charge in [0.25, 0.3) is 0 Å². The predicted octanol–water partition coefficient (Wildman–Crippen LogP) is 2.90. The van der Waals surface area contributed by atoms with Crippen LogP contribution in [-0.4, -0.2) is 15.4 Å². The van der Waals surface area contributed by atoms with Crippen molar-refractivity contribution < 1.29 is 13.9 Å². The molecule has 3 aromatic rings. The van der Waals surface area contributed by atoms with Crippen LogP contribution in [0.25, 0.3) is 5.65 Å². The highest BCUT2D eigenvalue weighted by atomic mass is 16.5. The number of carbonyl (C=O) groups excluding carboxylic acids is 1. The van der Waals surface area contributed by atoms with Crippen molar-refractivity contribution in [3.05, 3.63) is 59.4 Å². The molecule has 0 spiro atoms. The molecule has 0 saturated carbocycles. The van der Waals surface area contributed by atoms with Crippen LogP contribution in [0.15, 0.2) is 41.3 Å². The lowest BCUT2D eigenvalue weighted by Gasteiger charge is -2.00. The van der Waals surface area contributed by atoms with Crippen LogP contribution >= 0.6 is 0 Å². The largest absolute Gasteiger partial charge is 0.457 e. The molecule has 3 rings (SSSR count). The highest BCUT2D eigenvalue weighted by molar-refractivity contribution is 5.87. The number of esters is 1. The van der Waals surface area contributed by atoms with Crippen LogP contribution in [0.3, 0.4) is 0 Å². The minimum absolute atomic E-state index is 0.125. The molecule has 3 aromatic heterocycles. The lowest BCUT2D eigenvalue weighted by Crippen LogP contribution is -2.05. The topological polar surface area (TPSA) is 56.7 Å². The van der Waals surface area contributed by atoms with Gasteiger partial charge in [-0.25, -0.2) is 9.78 Å². The molecule has 0 fully saturated rings. The summed E-state index contributed by atoms with van der Waals surface area (Å²) in [4.78, 5) is 16.2. The number of aryl methyl sites for hydroxylation is 2. The van der Waals surface area contributed by atoms with Gasteiger partial charge in [0.2, 0.25) is 5.76 Å². The Bertz CT molecular complexity index is 770. The summed E-state index contributed by atoms with van der Waals surface area (Å²) in [6.07, 6.45) is 5.30. The van der Waals surface area contributed by atoms with E-state index in [1.165, 1.54) is 6.26 Å². The standard InChI is InChI=1S/C15H14N2O3/c1-10-3-4-13-16-12(8-17(13)7-10)9-20-15(18)14-11(2)5-6-19-14/h3-8H,9H2,1-2H3. The molecule has 0 bridgehead atoms. The smallest absolute Gasteiger partial charge is 0.374 e. The fourth-order valence-corrected chi connectivity index (χ4v) is 2.01. The number of ether oxygens (including phenoxy) is 1. The van der Waals surface area contributed by atoms with E-state index in [4.69, 9.17) is 9.15 Å². The quantitative estimate of drug-likeness (QED) is 0.687. The monoisotopic (exact) mass is 270 g/mol. The number of fused-ring (bicyclic) bond motifs is 1. The van der Waals surface area contributed by atoms with Crippen molar-refractivity contribution in [2.45, 2.75) is 20.5 Å². The summed E-state index contributed by atoms with van der Waals surface area (Å²) < 4.78 is 12.2. The molecule has 0 N–H and O–H groups in total. The van der Waals surface area contributed by atoms with E-state index in [9.17, 15) is 4.79 Å². The molecule has 0 radical (unpaired) electrons. The second kappa shape index (κ2) is 4.85. The second-order valence-corrected chi connectivity index (χ2v) is 4.71. The molecule has 0 aliphatic carbocycles. The van der Waals surface area contributed by atoms with E-state index in [0.29, 0.717) is 5.69 Å². The molecule has 0 aliphatic rings. The number of hydrogen-bond acceptors (Lipinski definition) is 4. The van der Waals surface area contributed by atoms with Gasteiger partial charge in [-0.2, -0.15) is 0 Å². The summed E-state index contributed by atoms with van der Waals surface area (Å²) in [6.45, 7) is 3.94. The summed E-state index contributed by atoms with van der Waals surface area (Å²) >= 11 is 0. The van der Waals surface area contributed by atoms with E-state index in [0.717, 1.165) is 16.8 Å². The molecule has 102 valence electrons. The number of nitrogens with zero attached hydrogens (tertiary/aromatic N) is 2. The van der Waals surface area contributed by atoms with Crippen LogP contribution in [0, 0.1) is 13.8 Å². The minimum atomic E-state index is -0.472. The molecule has 0 amide bonds. The number of carbonyl (C=O) groups is 1. The molecule has 0 atom stereocenters. The van der Waals surface area contributed by atoms with Crippen LogP contribution in [0.2, 0.25) is 0 Å². The third-order valence-corrected chi connectivity index (χ3v) is 3.05. The summed E-state index contributed by atoms with van der Waals surface area (Å²) in [5.41, 5.74) is 3.44. The second-order valence-electron chi connectivity index (χ2n) is 4.71. The normalized spacial score (nSPS) is 10.9. The van der Waals surface area contributed by atoms with Crippen molar-refractivity contribution in [3.8, 4) is 0 Å². The summed E-state index contributed by atoms with van der Waals surface area (Å²) in [5.74, 6) is -0.231. The van der Waals surface area contributed by atoms with Crippen LogP contribution in [-0.2, 0) is 11.3 Å². The van der Waals surface area contributed by atoms with Gasteiger partial charge < -0.3 is 13.6 Å². The van der Waals surface area contributed by atoms with Crippen LogP contribution in [0.1, 0.15) is 27.4 Å². The molecule has 0 unspecified atom stereocenters. The average Bonchev–Trinajstić information content (AvgIpc) is 3.01. The SMILES string of the molecule is Cc1ccc2nc(COC(=O)c3occc3C)cn2c1. The summed E-state index contributed by atoms with van der Waals surface area (Å²) in [6, 6.07) is 5.64. The first-order valence-corrected chi connectivity index (χ1v) is 6.29. The van der Waals surface area contributed by atoms with Crippen LogP contribution in [0.4, 0.5) is 0 Å². The van der Waals surface area contributed by atoms with E-state index < -0.39 is 5.97 Å².